The smallest absolute Gasteiger partial charge is 0.0837 e. The lowest BCUT2D eigenvalue weighted by molar-refractivity contribution is 0.541. The molecule has 0 spiro atoms. The molecular weight excluding hydrogens is 385 g/mol. The van der Waals surface area contributed by atoms with Gasteiger partial charge in [0.05, 0.1) is 23.0 Å². The molecule has 1 aromatic heterocycles. The van der Waals surface area contributed by atoms with Crippen molar-refractivity contribution in [1.82, 2.24) is 15.1 Å². The van der Waals surface area contributed by atoms with Crippen molar-refractivity contribution < 1.29 is 0 Å². The molecule has 1 heterocycles. The fourth-order valence-corrected chi connectivity index (χ4v) is 3.28. The second-order valence-electron chi connectivity index (χ2n) is 4.66. The standard InChI is InChI=1S/C15H19ClIN3/c1-4-18-14(11-8-6-7-10(3)13(11)17)15-12(16)9-19-20(15)5-2/h6-9,14,18H,4-5H2,1-3H3. The van der Waals surface area contributed by atoms with Gasteiger partial charge in [-0.15, -0.1) is 0 Å². The van der Waals surface area contributed by atoms with E-state index >= 15 is 0 Å². The van der Waals surface area contributed by atoms with Crippen molar-refractivity contribution in [3.8, 4) is 0 Å². The summed E-state index contributed by atoms with van der Waals surface area (Å²) in [6.07, 6.45) is 1.73. The van der Waals surface area contributed by atoms with Crippen molar-refractivity contribution in [1.29, 1.82) is 0 Å². The molecule has 3 nitrogen and oxygen atoms in total. The Morgan fingerprint density at radius 2 is 2.15 bits per heavy atom. The van der Waals surface area contributed by atoms with E-state index in [1.165, 1.54) is 14.7 Å². The van der Waals surface area contributed by atoms with Crippen molar-refractivity contribution in [2.24, 2.45) is 0 Å². The number of hydrogen-bond acceptors (Lipinski definition) is 2. The first-order chi connectivity index (χ1) is 9.60. The van der Waals surface area contributed by atoms with E-state index in [0.717, 1.165) is 23.8 Å². The molecule has 0 saturated heterocycles. The monoisotopic (exact) mass is 403 g/mol. The van der Waals surface area contributed by atoms with Crippen LogP contribution in [0.25, 0.3) is 0 Å². The van der Waals surface area contributed by atoms with Crippen molar-refractivity contribution in [2.45, 2.75) is 33.4 Å². The van der Waals surface area contributed by atoms with Gasteiger partial charge in [0.2, 0.25) is 0 Å². The molecule has 5 heteroatoms. The number of nitrogens with zero attached hydrogens (tertiary/aromatic N) is 2. The third-order valence-electron chi connectivity index (χ3n) is 3.35. The lowest BCUT2D eigenvalue weighted by Crippen LogP contribution is -2.26. The maximum atomic E-state index is 6.37. The minimum atomic E-state index is 0.0711. The van der Waals surface area contributed by atoms with Gasteiger partial charge >= 0.3 is 0 Å². The lowest BCUT2D eigenvalue weighted by atomic mass is 10.0. The van der Waals surface area contributed by atoms with Crippen LogP contribution >= 0.6 is 34.2 Å². The Morgan fingerprint density at radius 1 is 1.40 bits per heavy atom. The zero-order valence-corrected chi connectivity index (χ0v) is 14.9. The highest BCUT2D eigenvalue weighted by Gasteiger charge is 2.23. The summed E-state index contributed by atoms with van der Waals surface area (Å²) in [5, 5.41) is 8.61. The number of rotatable bonds is 5. The van der Waals surface area contributed by atoms with E-state index in [9.17, 15) is 0 Å². The molecule has 20 heavy (non-hydrogen) atoms. The van der Waals surface area contributed by atoms with E-state index in [1.807, 2.05) is 4.68 Å². The Bertz CT molecular complexity index is 595. The predicted octanol–water partition coefficient (Wildman–Crippen LogP) is 4.17. The maximum absolute atomic E-state index is 6.37. The Labute approximate surface area is 138 Å². The first-order valence-corrected chi connectivity index (χ1v) is 8.25. The van der Waals surface area contributed by atoms with Gasteiger partial charge in [0, 0.05) is 10.1 Å². The minimum absolute atomic E-state index is 0.0711. The molecule has 108 valence electrons. The van der Waals surface area contributed by atoms with Crippen molar-refractivity contribution in [3.63, 3.8) is 0 Å². The van der Waals surface area contributed by atoms with Gasteiger partial charge in [0.1, 0.15) is 0 Å². The summed E-state index contributed by atoms with van der Waals surface area (Å²) in [6, 6.07) is 6.46. The highest BCUT2D eigenvalue weighted by Crippen LogP contribution is 2.32. The summed E-state index contributed by atoms with van der Waals surface area (Å²) in [4.78, 5) is 0. The molecule has 0 aliphatic carbocycles. The Balaban J connectivity index is 2.56. The van der Waals surface area contributed by atoms with Crippen LogP contribution in [0.3, 0.4) is 0 Å². The van der Waals surface area contributed by atoms with E-state index < -0.39 is 0 Å². The Morgan fingerprint density at radius 3 is 2.80 bits per heavy atom. The molecule has 1 unspecified atom stereocenters. The summed E-state index contributed by atoms with van der Waals surface area (Å²) < 4.78 is 3.24. The topological polar surface area (TPSA) is 29.9 Å². The molecule has 1 atom stereocenters. The van der Waals surface area contributed by atoms with Crippen LogP contribution in [0.5, 0.6) is 0 Å². The lowest BCUT2D eigenvalue weighted by Gasteiger charge is -2.22. The van der Waals surface area contributed by atoms with Crippen LogP contribution in [-0.4, -0.2) is 16.3 Å². The van der Waals surface area contributed by atoms with Gasteiger partial charge in [0.15, 0.2) is 0 Å². The fraction of sp³-hybridized carbons (Fsp3) is 0.400. The number of aryl methyl sites for hydroxylation is 2. The largest absolute Gasteiger partial charge is 0.305 e. The second kappa shape index (κ2) is 6.91. The van der Waals surface area contributed by atoms with Crippen LogP contribution in [0.4, 0.5) is 0 Å². The molecule has 0 bridgehead atoms. The van der Waals surface area contributed by atoms with Crippen molar-refractivity contribution in [3.05, 3.63) is 49.8 Å². The van der Waals surface area contributed by atoms with Gasteiger partial charge in [-0.25, -0.2) is 0 Å². The number of nitrogens with one attached hydrogen (secondary N) is 1. The average molecular weight is 404 g/mol. The van der Waals surface area contributed by atoms with Crippen LogP contribution in [0.2, 0.25) is 5.02 Å². The van der Waals surface area contributed by atoms with E-state index in [-0.39, 0.29) is 6.04 Å². The third-order valence-corrected chi connectivity index (χ3v) is 5.11. The number of aromatic nitrogens is 2. The zero-order valence-electron chi connectivity index (χ0n) is 12.0. The van der Waals surface area contributed by atoms with E-state index in [2.05, 4.69) is 72.0 Å². The summed E-state index contributed by atoms with van der Waals surface area (Å²) >= 11 is 8.78. The molecule has 1 aromatic carbocycles. The van der Waals surface area contributed by atoms with Crippen LogP contribution < -0.4 is 5.32 Å². The third kappa shape index (κ3) is 3.02. The number of halogens is 2. The first kappa shape index (κ1) is 15.8. The molecular formula is C15H19ClIN3. The van der Waals surface area contributed by atoms with Crippen LogP contribution in [-0.2, 0) is 6.54 Å². The quantitative estimate of drug-likeness (QED) is 0.760. The van der Waals surface area contributed by atoms with E-state index in [1.54, 1.807) is 6.20 Å². The maximum Gasteiger partial charge on any atom is 0.0837 e. The summed E-state index contributed by atoms with van der Waals surface area (Å²) in [5.41, 5.74) is 3.58. The summed E-state index contributed by atoms with van der Waals surface area (Å²) in [7, 11) is 0. The van der Waals surface area contributed by atoms with Crippen LogP contribution in [0.1, 0.15) is 36.7 Å². The highest BCUT2D eigenvalue weighted by molar-refractivity contribution is 14.1. The highest BCUT2D eigenvalue weighted by atomic mass is 127. The molecule has 2 aromatic rings. The molecule has 0 fully saturated rings. The Kier molecular flexibility index (Phi) is 5.46. The normalized spacial score (nSPS) is 12.7. The fourth-order valence-electron chi connectivity index (χ4n) is 2.36. The summed E-state index contributed by atoms with van der Waals surface area (Å²) in [6.45, 7) is 8.01. The molecule has 0 radical (unpaired) electrons. The van der Waals surface area contributed by atoms with E-state index in [4.69, 9.17) is 11.6 Å². The number of hydrogen-bond donors (Lipinski definition) is 1. The first-order valence-electron chi connectivity index (χ1n) is 6.79. The van der Waals surface area contributed by atoms with Crippen molar-refractivity contribution in [2.75, 3.05) is 6.54 Å². The van der Waals surface area contributed by atoms with Gasteiger partial charge in [0.25, 0.3) is 0 Å². The SMILES string of the molecule is CCNC(c1cccc(C)c1I)c1c(Cl)cnn1CC. The average Bonchev–Trinajstić information content (AvgIpc) is 2.81. The zero-order chi connectivity index (χ0) is 14.7. The minimum Gasteiger partial charge on any atom is -0.305 e. The van der Waals surface area contributed by atoms with E-state index in [0.29, 0.717) is 0 Å². The predicted molar refractivity (Wildman–Crippen MR) is 92.3 cm³/mol. The van der Waals surface area contributed by atoms with Crippen LogP contribution in [0.15, 0.2) is 24.4 Å². The van der Waals surface area contributed by atoms with Gasteiger partial charge in [-0.2, -0.15) is 5.10 Å². The van der Waals surface area contributed by atoms with Gasteiger partial charge in [-0.05, 0) is 54.1 Å². The van der Waals surface area contributed by atoms with Crippen LogP contribution in [0, 0.1) is 10.5 Å². The molecule has 1 N–H and O–H groups in total. The Hall–Kier alpha value is -0.590. The van der Waals surface area contributed by atoms with Gasteiger partial charge in [-0.3, -0.25) is 4.68 Å². The molecule has 0 aliphatic rings. The second-order valence-corrected chi connectivity index (χ2v) is 6.15. The molecule has 0 amide bonds. The molecule has 2 rings (SSSR count). The summed E-state index contributed by atoms with van der Waals surface area (Å²) in [5.74, 6) is 0. The molecule has 0 saturated carbocycles. The van der Waals surface area contributed by atoms with Crippen molar-refractivity contribution >= 4 is 34.2 Å². The molecule has 0 aliphatic heterocycles. The van der Waals surface area contributed by atoms with Gasteiger partial charge < -0.3 is 5.32 Å². The number of benzene rings is 1. The van der Waals surface area contributed by atoms with Gasteiger partial charge in [-0.1, -0.05) is 36.7 Å².